The van der Waals surface area contributed by atoms with Gasteiger partial charge in [0.05, 0.1) is 0 Å². The van der Waals surface area contributed by atoms with Crippen LogP contribution in [0, 0.1) is 11.6 Å². The fourth-order valence-corrected chi connectivity index (χ4v) is 6.41. The molecule has 2 aromatic carbocycles. The summed E-state index contributed by atoms with van der Waals surface area (Å²) in [4.78, 5) is 24.5. The quantitative estimate of drug-likeness (QED) is 0.346. The number of nitrogens with zero attached hydrogens (tertiary/aromatic N) is 1. The van der Waals surface area contributed by atoms with Crippen molar-refractivity contribution >= 4 is 13.3 Å². The zero-order chi connectivity index (χ0) is 23.5. The molecule has 32 heavy (non-hydrogen) atoms. The van der Waals surface area contributed by atoms with E-state index in [1.54, 1.807) is 4.90 Å². The number of phenolic OH excluding ortho intramolecular Hbond substituents is 1. The van der Waals surface area contributed by atoms with E-state index in [0.29, 0.717) is 36.1 Å². The summed E-state index contributed by atoms with van der Waals surface area (Å²) in [6.45, 7) is 0.621. The van der Waals surface area contributed by atoms with Gasteiger partial charge in [0.15, 0.2) is 16.7 Å². The molecule has 3 rings (SSSR count). The molecule has 0 spiro atoms. The van der Waals surface area contributed by atoms with Crippen molar-refractivity contribution in [1.29, 1.82) is 0 Å². The SMILES string of the molecule is NCCCC[C@@]1(C(=O)O)CN(Cc2ccc(F)cc2-c2ccc(F)c(O)c2)CCP1(=O)O. The number of carboxylic acids is 1. The van der Waals surface area contributed by atoms with E-state index in [9.17, 15) is 33.2 Å². The predicted octanol–water partition coefficient (Wildman–Crippen LogP) is 3.38. The minimum Gasteiger partial charge on any atom is -0.505 e. The highest BCUT2D eigenvalue weighted by atomic mass is 31.2. The van der Waals surface area contributed by atoms with Crippen molar-refractivity contribution in [3.8, 4) is 16.9 Å². The molecule has 2 aromatic rings. The summed E-state index contributed by atoms with van der Waals surface area (Å²) in [6, 6.07) is 7.74. The maximum Gasteiger partial charge on any atom is 0.320 e. The summed E-state index contributed by atoms with van der Waals surface area (Å²) >= 11 is 0. The molecule has 0 aromatic heterocycles. The third-order valence-corrected chi connectivity index (χ3v) is 8.74. The van der Waals surface area contributed by atoms with Gasteiger partial charge in [-0.2, -0.15) is 0 Å². The normalized spacial score (nSPS) is 23.9. The van der Waals surface area contributed by atoms with Crippen LogP contribution in [0.25, 0.3) is 11.1 Å². The lowest BCUT2D eigenvalue weighted by molar-refractivity contribution is -0.141. The van der Waals surface area contributed by atoms with Gasteiger partial charge in [0, 0.05) is 25.8 Å². The molecule has 1 saturated heterocycles. The largest absolute Gasteiger partial charge is 0.505 e. The lowest BCUT2D eigenvalue weighted by atomic mass is 9.96. The first-order valence-corrected chi connectivity index (χ1v) is 12.2. The third-order valence-electron chi connectivity index (χ3n) is 6.04. The second-order valence-electron chi connectivity index (χ2n) is 8.19. The summed E-state index contributed by atoms with van der Waals surface area (Å²) in [5.41, 5.74) is 6.94. The number of phenols is 1. The molecule has 1 aliphatic heterocycles. The van der Waals surface area contributed by atoms with Crippen LogP contribution in [-0.2, 0) is 15.9 Å². The lowest BCUT2D eigenvalue weighted by Crippen LogP contribution is -2.53. The standard InChI is InChI=1S/C22H27F2N2O5P/c23-17-5-3-16(18(12-17)15-4-6-19(24)20(27)11-15)13-26-9-10-32(30,31)22(14-26,21(28)29)7-1-2-8-25/h3-6,11-12,27H,1-2,7-10,13-14,25H2,(H,28,29)(H,30,31)/t22-/m0/s1. The van der Waals surface area contributed by atoms with Crippen LogP contribution in [0.2, 0.25) is 0 Å². The van der Waals surface area contributed by atoms with Crippen molar-refractivity contribution in [2.45, 2.75) is 31.0 Å². The highest BCUT2D eigenvalue weighted by Crippen LogP contribution is 2.59. The summed E-state index contributed by atoms with van der Waals surface area (Å²) in [7, 11) is -3.97. The van der Waals surface area contributed by atoms with Gasteiger partial charge in [-0.05, 0) is 60.3 Å². The summed E-state index contributed by atoms with van der Waals surface area (Å²) in [5, 5.41) is 17.9. The van der Waals surface area contributed by atoms with Crippen LogP contribution in [0.4, 0.5) is 8.78 Å². The maximum atomic E-state index is 14.0. The van der Waals surface area contributed by atoms with Crippen LogP contribution in [0.1, 0.15) is 24.8 Å². The topological polar surface area (TPSA) is 124 Å². The number of hydrogen-bond donors (Lipinski definition) is 4. The molecule has 10 heteroatoms. The highest BCUT2D eigenvalue weighted by Gasteiger charge is 2.56. The second-order valence-corrected chi connectivity index (χ2v) is 10.9. The van der Waals surface area contributed by atoms with Gasteiger partial charge in [0.1, 0.15) is 5.82 Å². The van der Waals surface area contributed by atoms with Crippen molar-refractivity contribution in [3.05, 3.63) is 53.6 Å². The average molecular weight is 468 g/mol. The first-order chi connectivity index (χ1) is 15.1. The number of hydrogen-bond acceptors (Lipinski definition) is 5. The fraction of sp³-hybridized carbons (Fsp3) is 0.409. The molecule has 0 bridgehead atoms. The third kappa shape index (κ3) is 4.86. The monoisotopic (exact) mass is 468 g/mol. The molecule has 5 N–H and O–H groups in total. The Labute approximate surface area is 184 Å². The number of carboxylic acid groups (broad SMARTS) is 1. The Bertz CT molecular complexity index is 1050. The van der Waals surface area contributed by atoms with Crippen molar-refractivity contribution in [3.63, 3.8) is 0 Å². The van der Waals surface area contributed by atoms with Crippen LogP contribution < -0.4 is 5.73 Å². The van der Waals surface area contributed by atoms with E-state index in [4.69, 9.17) is 5.73 Å². The van der Waals surface area contributed by atoms with Crippen LogP contribution in [0.5, 0.6) is 5.75 Å². The maximum absolute atomic E-state index is 14.0. The molecular weight excluding hydrogens is 441 g/mol. The molecule has 2 atom stereocenters. The molecule has 1 heterocycles. The highest BCUT2D eigenvalue weighted by molar-refractivity contribution is 7.61. The van der Waals surface area contributed by atoms with Crippen molar-refractivity contribution in [2.24, 2.45) is 5.73 Å². The average Bonchev–Trinajstić information content (AvgIpc) is 2.73. The van der Waals surface area contributed by atoms with E-state index in [1.807, 2.05) is 0 Å². The molecule has 7 nitrogen and oxygen atoms in total. The molecular formula is C22H27F2N2O5P. The number of carbonyl (C=O) groups is 1. The Morgan fingerprint density at radius 1 is 1.19 bits per heavy atom. The number of halogens is 2. The predicted molar refractivity (Wildman–Crippen MR) is 117 cm³/mol. The van der Waals surface area contributed by atoms with Crippen LogP contribution >= 0.6 is 7.37 Å². The van der Waals surface area contributed by atoms with Crippen LogP contribution in [0.3, 0.4) is 0 Å². The molecule has 0 aliphatic carbocycles. The minimum absolute atomic E-state index is 0.0337. The van der Waals surface area contributed by atoms with Gasteiger partial charge in [-0.3, -0.25) is 14.3 Å². The van der Waals surface area contributed by atoms with E-state index in [1.165, 1.54) is 30.3 Å². The van der Waals surface area contributed by atoms with Crippen LogP contribution in [0.15, 0.2) is 36.4 Å². The first kappa shape index (κ1) is 24.3. The lowest BCUT2D eigenvalue weighted by Gasteiger charge is -2.43. The zero-order valence-electron chi connectivity index (χ0n) is 17.5. The van der Waals surface area contributed by atoms with Gasteiger partial charge in [-0.1, -0.05) is 18.6 Å². The van der Waals surface area contributed by atoms with Crippen molar-refractivity contribution < 1.29 is 33.2 Å². The van der Waals surface area contributed by atoms with Gasteiger partial charge in [-0.15, -0.1) is 0 Å². The fourth-order valence-electron chi connectivity index (χ4n) is 4.20. The number of unbranched alkanes of at least 4 members (excludes halogenated alkanes) is 1. The Kier molecular flexibility index (Phi) is 7.35. The number of aromatic hydroxyl groups is 1. The van der Waals surface area contributed by atoms with E-state index >= 15 is 0 Å². The van der Waals surface area contributed by atoms with Gasteiger partial charge < -0.3 is 20.8 Å². The summed E-state index contributed by atoms with van der Waals surface area (Å²) < 4.78 is 40.4. The van der Waals surface area contributed by atoms with Gasteiger partial charge in [-0.25, -0.2) is 8.78 Å². The molecule has 174 valence electrons. The smallest absolute Gasteiger partial charge is 0.320 e. The molecule has 1 fully saturated rings. The zero-order valence-corrected chi connectivity index (χ0v) is 18.4. The summed E-state index contributed by atoms with van der Waals surface area (Å²) in [6.07, 6.45) is 0.824. The number of benzene rings is 2. The second kappa shape index (κ2) is 9.67. The summed E-state index contributed by atoms with van der Waals surface area (Å²) in [5.74, 6) is -3.20. The van der Waals surface area contributed by atoms with E-state index in [-0.39, 0.29) is 32.2 Å². The van der Waals surface area contributed by atoms with Crippen LogP contribution in [-0.4, -0.2) is 56.9 Å². The van der Waals surface area contributed by atoms with E-state index in [2.05, 4.69) is 0 Å². The Morgan fingerprint density at radius 3 is 2.59 bits per heavy atom. The van der Waals surface area contributed by atoms with Gasteiger partial charge in [0.2, 0.25) is 7.37 Å². The number of aliphatic carboxylic acids is 1. The van der Waals surface area contributed by atoms with Crippen molar-refractivity contribution in [2.75, 3.05) is 25.8 Å². The van der Waals surface area contributed by atoms with E-state index in [0.717, 1.165) is 6.07 Å². The molecule has 0 saturated carbocycles. The number of rotatable bonds is 8. The molecule has 0 radical (unpaired) electrons. The molecule has 0 amide bonds. The Balaban J connectivity index is 1.92. The van der Waals surface area contributed by atoms with Crippen molar-refractivity contribution in [1.82, 2.24) is 4.90 Å². The minimum atomic E-state index is -3.97. The molecule has 1 unspecified atom stereocenters. The van der Waals surface area contributed by atoms with E-state index < -0.39 is 35.9 Å². The molecule has 1 aliphatic rings. The van der Waals surface area contributed by atoms with Gasteiger partial charge >= 0.3 is 5.97 Å². The first-order valence-electron chi connectivity index (χ1n) is 10.3. The number of nitrogens with two attached hydrogens (primary N) is 1. The Morgan fingerprint density at radius 2 is 1.94 bits per heavy atom. The Hall–Kier alpha value is -2.32. The van der Waals surface area contributed by atoms with Gasteiger partial charge in [0.25, 0.3) is 0 Å².